The second-order valence-corrected chi connectivity index (χ2v) is 7.50. The maximum Gasteiger partial charge on any atom is 0.272 e. The van der Waals surface area contributed by atoms with Gasteiger partial charge in [0.05, 0.1) is 4.47 Å². The molecule has 1 saturated heterocycles. The molecule has 2 fully saturated rings. The predicted octanol–water partition coefficient (Wildman–Crippen LogP) is 2.88. The Labute approximate surface area is 152 Å². The molecule has 4 rings (SSSR count). The summed E-state index contributed by atoms with van der Waals surface area (Å²) >= 11 is 3.14. The van der Waals surface area contributed by atoms with E-state index in [-0.39, 0.29) is 35.0 Å². The summed E-state index contributed by atoms with van der Waals surface area (Å²) < 4.78 is 14.5. The molecule has 2 amide bonds. The first-order valence-electron chi connectivity index (χ1n) is 8.37. The lowest BCUT2D eigenvalue weighted by atomic mass is 10.2. The molecular formula is C18H17BrFN3O2. The minimum absolute atomic E-state index is 0.0108. The first kappa shape index (κ1) is 16.4. The molecule has 0 bridgehead atoms. The number of amides is 2. The molecule has 7 heteroatoms. The van der Waals surface area contributed by atoms with Gasteiger partial charge in [0.1, 0.15) is 11.2 Å². The van der Waals surface area contributed by atoms with Crippen LogP contribution in [0.4, 0.5) is 4.39 Å². The zero-order valence-electron chi connectivity index (χ0n) is 13.5. The number of halogens is 2. The van der Waals surface area contributed by atoms with Gasteiger partial charge in [-0.15, -0.1) is 0 Å². The number of likely N-dealkylation sites (tertiary alicyclic amines) is 1. The topological polar surface area (TPSA) is 62.3 Å². The van der Waals surface area contributed by atoms with E-state index < -0.39 is 5.82 Å². The second kappa shape index (κ2) is 6.37. The molecule has 0 radical (unpaired) electrons. The highest BCUT2D eigenvalue weighted by Gasteiger charge is 2.34. The van der Waals surface area contributed by atoms with E-state index in [1.807, 2.05) is 0 Å². The van der Waals surface area contributed by atoms with Crippen LogP contribution >= 0.6 is 15.9 Å². The quantitative estimate of drug-likeness (QED) is 0.853. The first-order valence-corrected chi connectivity index (χ1v) is 9.16. The number of fused-ring (bicyclic) bond motifs is 1. The van der Waals surface area contributed by atoms with Crippen molar-refractivity contribution in [1.82, 2.24) is 15.2 Å². The van der Waals surface area contributed by atoms with Crippen molar-refractivity contribution < 1.29 is 14.0 Å². The largest absolute Gasteiger partial charge is 0.351 e. The fourth-order valence-corrected chi connectivity index (χ4v) is 3.46. The Balaban J connectivity index is 1.50. The van der Waals surface area contributed by atoms with Crippen LogP contribution in [0.5, 0.6) is 0 Å². The fraction of sp³-hybridized carbons (Fsp3) is 0.389. The Bertz CT molecular complexity index is 869. The van der Waals surface area contributed by atoms with E-state index in [1.54, 1.807) is 29.2 Å². The summed E-state index contributed by atoms with van der Waals surface area (Å²) in [7, 11) is 0. The smallest absolute Gasteiger partial charge is 0.272 e. The van der Waals surface area contributed by atoms with Crippen molar-refractivity contribution in [3.63, 3.8) is 0 Å². The van der Waals surface area contributed by atoms with Gasteiger partial charge in [-0.25, -0.2) is 9.37 Å². The van der Waals surface area contributed by atoms with Crippen molar-refractivity contribution >= 4 is 38.6 Å². The Morgan fingerprint density at radius 3 is 2.72 bits per heavy atom. The van der Waals surface area contributed by atoms with Crippen LogP contribution in [0.25, 0.3) is 10.9 Å². The van der Waals surface area contributed by atoms with E-state index in [0.29, 0.717) is 22.9 Å². The second-order valence-electron chi connectivity index (χ2n) is 6.65. The van der Waals surface area contributed by atoms with Gasteiger partial charge in [-0.3, -0.25) is 9.59 Å². The van der Waals surface area contributed by atoms with Crippen LogP contribution in [0.2, 0.25) is 0 Å². The molecule has 130 valence electrons. The van der Waals surface area contributed by atoms with E-state index in [9.17, 15) is 14.0 Å². The Hall–Kier alpha value is -2.02. The number of hydrogen-bond donors (Lipinski definition) is 1. The van der Waals surface area contributed by atoms with Gasteiger partial charge in [0.25, 0.3) is 5.91 Å². The normalized spacial score (nSPS) is 20.1. The summed E-state index contributed by atoms with van der Waals surface area (Å²) in [5, 5.41) is 3.65. The molecular weight excluding hydrogens is 389 g/mol. The SMILES string of the molecule is O=C(N[C@H]1CCN(C(=O)c2ccc3ccc(Br)c(F)c3n2)C1)C1CC1. The minimum atomic E-state index is -0.469. The van der Waals surface area contributed by atoms with Gasteiger partial charge in [-0.1, -0.05) is 12.1 Å². The van der Waals surface area contributed by atoms with E-state index in [0.717, 1.165) is 19.3 Å². The molecule has 0 unspecified atom stereocenters. The van der Waals surface area contributed by atoms with E-state index in [1.165, 1.54) is 0 Å². The number of nitrogens with zero attached hydrogens (tertiary/aromatic N) is 2. The first-order chi connectivity index (χ1) is 12.0. The van der Waals surface area contributed by atoms with Gasteiger partial charge in [0.15, 0.2) is 5.82 Å². The van der Waals surface area contributed by atoms with Gasteiger partial charge in [-0.05, 0) is 47.3 Å². The van der Waals surface area contributed by atoms with Crippen LogP contribution in [0, 0.1) is 11.7 Å². The number of hydrogen-bond acceptors (Lipinski definition) is 3. The predicted molar refractivity (Wildman–Crippen MR) is 94.6 cm³/mol. The van der Waals surface area contributed by atoms with Crippen LogP contribution in [0.3, 0.4) is 0 Å². The van der Waals surface area contributed by atoms with Crippen LogP contribution in [0.15, 0.2) is 28.7 Å². The Morgan fingerprint density at radius 2 is 1.96 bits per heavy atom. The number of carbonyl (C=O) groups is 2. The Kier molecular flexibility index (Phi) is 4.19. The van der Waals surface area contributed by atoms with E-state index in [2.05, 4.69) is 26.2 Å². The molecule has 5 nitrogen and oxygen atoms in total. The van der Waals surface area contributed by atoms with Gasteiger partial charge in [-0.2, -0.15) is 0 Å². The van der Waals surface area contributed by atoms with Crippen molar-refractivity contribution in [2.45, 2.75) is 25.3 Å². The van der Waals surface area contributed by atoms with Gasteiger partial charge < -0.3 is 10.2 Å². The summed E-state index contributed by atoms with van der Waals surface area (Å²) in [5.74, 6) is -0.448. The summed E-state index contributed by atoms with van der Waals surface area (Å²) in [6, 6.07) is 6.68. The van der Waals surface area contributed by atoms with Gasteiger partial charge in [0, 0.05) is 30.4 Å². The third kappa shape index (κ3) is 3.25. The number of pyridine rings is 1. The number of nitrogens with one attached hydrogen (secondary N) is 1. The molecule has 2 aromatic rings. The summed E-state index contributed by atoms with van der Waals surface area (Å²) in [4.78, 5) is 30.4. The Morgan fingerprint density at radius 1 is 1.20 bits per heavy atom. The molecule has 2 heterocycles. The molecule has 1 N–H and O–H groups in total. The lowest BCUT2D eigenvalue weighted by Gasteiger charge is -2.17. The summed E-state index contributed by atoms with van der Waals surface area (Å²) in [6.07, 6.45) is 2.66. The van der Waals surface area contributed by atoms with E-state index >= 15 is 0 Å². The highest BCUT2D eigenvalue weighted by Crippen LogP contribution is 2.29. The lowest BCUT2D eigenvalue weighted by molar-refractivity contribution is -0.122. The third-order valence-corrected chi connectivity index (χ3v) is 5.35. The molecule has 1 atom stereocenters. The van der Waals surface area contributed by atoms with Crippen molar-refractivity contribution in [1.29, 1.82) is 0 Å². The van der Waals surface area contributed by atoms with Crippen LogP contribution in [-0.2, 0) is 4.79 Å². The minimum Gasteiger partial charge on any atom is -0.351 e. The summed E-state index contributed by atoms with van der Waals surface area (Å²) in [5.41, 5.74) is 0.400. The van der Waals surface area contributed by atoms with Crippen LogP contribution < -0.4 is 5.32 Å². The number of aromatic nitrogens is 1. The highest BCUT2D eigenvalue weighted by atomic mass is 79.9. The van der Waals surface area contributed by atoms with Crippen LogP contribution in [0.1, 0.15) is 29.8 Å². The van der Waals surface area contributed by atoms with Crippen molar-refractivity contribution in [2.24, 2.45) is 5.92 Å². The van der Waals surface area contributed by atoms with Crippen LogP contribution in [-0.4, -0.2) is 40.8 Å². The van der Waals surface area contributed by atoms with Gasteiger partial charge in [0.2, 0.25) is 5.91 Å². The molecule has 1 aliphatic carbocycles. The molecule has 1 saturated carbocycles. The molecule has 2 aliphatic rings. The molecule has 1 aliphatic heterocycles. The van der Waals surface area contributed by atoms with Gasteiger partial charge >= 0.3 is 0 Å². The average molecular weight is 406 g/mol. The maximum absolute atomic E-state index is 14.2. The zero-order chi connectivity index (χ0) is 17.6. The lowest BCUT2D eigenvalue weighted by Crippen LogP contribution is -2.39. The maximum atomic E-state index is 14.2. The monoisotopic (exact) mass is 405 g/mol. The average Bonchev–Trinajstić information content (AvgIpc) is 3.37. The van der Waals surface area contributed by atoms with Crippen molar-refractivity contribution in [3.8, 4) is 0 Å². The third-order valence-electron chi connectivity index (χ3n) is 4.74. The molecule has 25 heavy (non-hydrogen) atoms. The number of rotatable bonds is 3. The standard InChI is InChI=1S/C18H17BrFN3O2/c19-13-5-3-10-4-6-14(22-16(10)15(13)20)18(25)23-8-7-12(9-23)21-17(24)11-1-2-11/h3-6,11-12H,1-2,7-9H2,(H,21,24)/t12-/m0/s1. The molecule has 1 aromatic heterocycles. The highest BCUT2D eigenvalue weighted by molar-refractivity contribution is 9.10. The summed E-state index contributed by atoms with van der Waals surface area (Å²) in [6.45, 7) is 1.03. The van der Waals surface area contributed by atoms with Crippen molar-refractivity contribution in [3.05, 3.63) is 40.2 Å². The molecule has 1 aromatic carbocycles. The number of benzene rings is 1. The number of carbonyl (C=O) groups excluding carboxylic acids is 2. The zero-order valence-corrected chi connectivity index (χ0v) is 15.1. The van der Waals surface area contributed by atoms with E-state index in [4.69, 9.17) is 0 Å². The fourth-order valence-electron chi connectivity index (χ4n) is 3.14. The molecule has 0 spiro atoms. The van der Waals surface area contributed by atoms with Crippen molar-refractivity contribution in [2.75, 3.05) is 13.1 Å².